The molecule has 1 aliphatic rings. The zero-order valence-corrected chi connectivity index (χ0v) is 42.7. The monoisotopic (exact) mass is 1060 g/mol. The largest absolute Gasteiger partial charge is 0.498 e. The van der Waals surface area contributed by atoms with Gasteiger partial charge in [-0.25, -0.2) is 9.97 Å². The molecule has 4 N–H and O–H groups in total. The molecule has 0 spiro atoms. The molecule has 1 fully saturated rings. The van der Waals surface area contributed by atoms with E-state index in [1.807, 2.05) is 128 Å². The van der Waals surface area contributed by atoms with Crippen LogP contribution < -0.4 is 16.1 Å². The highest BCUT2D eigenvalue weighted by Gasteiger charge is 2.52. The third kappa shape index (κ3) is 11.1. The minimum absolute atomic E-state index is 0. The lowest BCUT2D eigenvalue weighted by Gasteiger charge is -2.32. The number of carbonyl (C=O) groups is 2. The van der Waals surface area contributed by atoms with Crippen LogP contribution in [0.2, 0.25) is 0 Å². The average Bonchev–Trinajstić information content (AvgIpc) is 4.22. The van der Waals surface area contributed by atoms with E-state index in [0.717, 1.165) is 54.7 Å². The van der Waals surface area contributed by atoms with Crippen molar-refractivity contribution >= 4 is 63.0 Å². The van der Waals surface area contributed by atoms with Crippen LogP contribution in [0.1, 0.15) is 97.8 Å². The van der Waals surface area contributed by atoms with Crippen LogP contribution in [0.5, 0.6) is 0 Å². The number of rotatable bonds is 8. The molecule has 1 aliphatic heterocycles. The zero-order valence-electron chi connectivity index (χ0n) is 41.1. The number of H-pyrrole nitrogens is 2. The fraction of sp³-hybridized carbons (Fsp3) is 0.269. The predicted molar refractivity (Wildman–Crippen MR) is 287 cm³/mol. The molecule has 22 heteroatoms. The van der Waals surface area contributed by atoms with Gasteiger partial charge in [-0.15, -0.1) is 0 Å². The van der Waals surface area contributed by atoms with Gasteiger partial charge in [0.1, 0.15) is 22.7 Å². The summed E-state index contributed by atoms with van der Waals surface area (Å²) in [5.74, 6) is 1.41. The highest BCUT2D eigenvalue weighted by Crippen LogP contribution is 2.36. The van der Waals surface area contributed by atoms with Crippen LogP contribution >= 0.6 is 15.9 Å². The second-order valence-corrected chi connectivity index (χ2v) is 19.1. The first-order chi connectivity index (χ1) is 34.3. The fourth-order valence-electron chi connectivity index (χ4n) is 7.64. The fourth-order valence-corrected chi connectivity index (χ4v) is 7.97. The van der Waals surface area contributed by atoms with Gasteiger partial charge in [0, 0.05) is 87.4 Å². The van der Waals surface area contributed by atoms with Gasteiger partial charge in [-0.1, -0.05) is 49.4 Å². The van der Waals surface area contributed by atoms with E-state index in [9.17, 15) is 9.59 Å². The number of fused-ring (bicyclic) bond motifs is 2. The number of imidazole rings is 2. The van der Waals surface area contributed by atoms with Crippen LogP contribution in [-0.4, -0.2) is 89.6 Å². The molecular formula is C52H58BBrN14O6. The highest BCUT2D eigenvalue weighted by atomic mass is 79.9. The Balaban J connectivity index is 0.000000169. The van der Waals surface area contributed by atoms with E-state index in [1.54, 1.807) is 47.4 Å². The van der Waals surface area contributed by atoms with Gasteiger partial charge in [0.15, 0.2) is 0 Å². The minimum Gasteiger partial charge on any atom is -0.399 e. The molecular weight excluding hydrogens is 1010 g/mol. The quantitative estimate of drug-likeness (QED) is 0.103. The predicted octanol–water partition coefficient (Wildman–Crippen LogP) is 10.3. The van der Waals surface area contributed by atoms with Crippen molar-refractivity contribution in [3.63, 3.8) is 0 Å². The number of aryl methyl sites for hydroxylation is 6. The van der Waals surface area contributed by atoms with Crippen molar-refractivity contribution in [2.24, 2.45) is 0 Å². The molecule has 74 heavy (non-hydrogen) atoms. The standard InChI is InChI=1S/C22H19N7O2.C18H14BrN5O2.C10H17BN2O2.2CH4/c1-12-4-5-15(21-25-14(3)31-28-21)8-18(12)26-22(30)19-10-23-20-7-6-16(11-29(19)20)17-9-24-27-13(17)2;1-10-3-4-12(17-21-11(2)26-23-17)7-14(10)22-18(25)15-8-20-16-6-5-13(19)9-24(15)16;1-7-8(6-12-13-7)11-14-9(2,3)10(4,5)15-11;;/h4-11H,1-3H3,(H,24,27)(H,26,30);3-9H,1-2H3,(H,22,25);6H,1-5H3,(H,12,13);2*1H4. The molecule has 2 amide bonds. The van der Waals surface area contributed by atoms with E-state index in [2.05, 4.69) is 77.2 Å². The topological polar surface area (TPSA) is 246 Å². The van der Waals surface area contributed by atoms with Gasteiger partial charge < -0.3 is 29.0 Å². The van der Waals surface area contributed by atoms with Gasteiger partial charge in [-0.2, -0.15) is 20.2 Å². The lowest BCUT2D eigenvalue weighted by molar-refractivity contribution is 0.00578. The molecule has 10 aromatic rings. The second-order valence-electron chi connectivity index (χ2n) is 18.2. The van der Waals surface area contributed by atoms with Crippen LogP contribution in [0, 0.1) is 41.5 Å². The summed E-state index contributed by atoms with van der Waals surface area (Å²) in [7, 11) is -0.311. The Morgan fingerprint density at radius 3 is 1.54 bits per heavy atom. The molecule has 0 atom stereocenters. The number of nitrogens with zero attached hydrogens (tertiary/aromatic N) is 10. The van der Waals surface area contributed by atoms with Crippen LogP contribution in [0.4, 0.5) is 11.4 Å². The van der Waals surface area contributed by atoms with Crippen molar-refractivity contribution in [3.05, 3.63) is 148 Å². The second kappa shape index (κ2) is 21.6. The van der Waals surface area contributed by atoms with E-state index >= 15 is 0 Å². The molecule has 2 aromatic carbocycles. The summed E-state index contributed by atoms with van der Waals surface area (Å²) in [6.45, 7) is 19.4. The lowest BCUT2D eigenvalue weighted by atomic mass is 9.79. The first kappa shape index (κ1) is 53.7. The molecule has 0 bridgehead atoms. The number of amides is 2. The number of nitrogens with one attached hydrogen (secondary N) is 4. The summed E-state index contributed by atoms with van der Waals surface area (Å²) in [4.78, 5) is 43.0. The minimum atomic E-state index is -0.311. The van der Waals surface area contributed by atoms with Gasteiger partial charge in [-0.3, -0.25) is 28.6 Å². The number of benzene rings is 2. The number of hydrogen-bond donors (Lipinski definition) is 4. The van der Waals surface area contributed by atoms with E-state index in [0.29, 0.717) is 57.5 Å². The number of carbonyl (C=O) groups excluding carboxylic acids is 2. The number of hydrogen-bond acceptors (Lipinski definition) is 14. The maximum atomic E-state index is 13.1. The summed E-state index contributed by atoms with van der Waals surface area (Å²) in [6.07, 6.45) is 10.3. The Labute approximate surface area is 436 Å². The van der Waals surface area contributed by atoms with Crippen LogP contribution in [-0.2, 0) is 9.31 Å². The van der Waals surface area contributed by atoms with Crippen molar-refractivity contribution in [3.8, 4) is 33.9 Å². The van der Waals surface area contributed by atoms with Crippen molar-refractivity contribution in [1.29, 1.82) is 0 Å². The zero-order chi connectivity index (χ0) is 51.1. The summed E-state index contributed by atoms with van der Waals surface area (Å²) in [5.41, 5.74) is 11.2. The summed E-state index contributed by atoms with van der Waals surface area (Å²) < 4.78 is 26.3. The first-order valence-electron chi connectivity index (χ1n) is 22.7. The Bertz CT molecular complexity index is 3610. The maximum Gasteiger partial charge on any atom is 0.498 e. The van der Waals surface area contributed by atoms with E-state index < -0.39 is 0 Å². The third-order valence-electron chi connectivity index (χ3n) is 12.5. The molecule has 8 aromatic heterocycles. The molecule has 0 unspecified atom stereocenters. The van der Waals surface area contributed by atoms with Crippen molar-refractivity contribution < 1.29 is 27.9 Å². The van der Waals surface area contributed by atoms with Gasteiger partial charge in [-0.05, 0) is 119 Å². The number of halogens is 1. The molecule has 1 saturated heterocycles. The van der Waals surface area contributed by atoms with Gasteiger partial charge in [0.05, 0.1) is 29.8 Å². The summed E-state index contributed by atoms with van der Waals surface area (Å²) >= 11 is 3.41. The number of aromatic nitrogens is 12. The first-order valence-corrected chi connectivity index (χ1v) is 23.5. The Morgan fingerprint density at radius 2 is 1.08 bits per heavy atom. The van der Waals surface area contributed by atoms with Gasteiger partial charge in [0.25, 0.3) is 11.8 Å². The van der Waals surface area contributed by atoms with Crippen LogP contribution in [0.25, 0.3) is 45.2 Å². The van der Waals surface area contributed by atoms with E-state index in [1.165, 1.54) is 0 Å². The molecule has 0 saturated carbocycles. The SMILES string of the molecule is C.C.Cc1[nH]ncc1B1OC(C)(C)C(C)(C)O1.Cc1nc(-c2ccc(C)c(NC(=O)c3cnc4ccc(-c5cn[nH]c5C)cn34)c2)no1.Cc1nc(-c2ccc(C)c(NC(=O)c3cnc4ccc(Br)cn34)c2)no1. The van der Waals surface area contributed by atoms with Crippen molar-refractivity contribution in [2.75, 3.05) is 10.6 Å². The van der Waals surface area contributed by atoms with Crippen molar-refractivity contribution in [2.45, 2.75) is 95.3 Å². The average molecular weight is 1070 g/mol. The lowest BCUT2D eigenvalue weighted by Crippen LogP contribution is -2.41. The van der Waals surface area contributed by atoms with Gasteiger partial charge in [0.2, 0.25) is 23.4 Å². The molecule has 0 radical (unpaired) electrons. The Kier molecular flexibility index (Phi) is 15.7. The maximum absolute atomic E-state index is 13.1. The van der Waals surface area contributed by atoms with E-state index in [4.69, 9.17) is 18.4 Å². The highest BCUT2D eigenvalue weighted by molar-refractivity contribution is 9.10. The Morgan fingerprint density at radius 1 is 0.608 bits per heavy atom. The number of pyridine rings is 2. The smallest absolute Gasteiger partial charge is 0.399 e. The normalized spacial score (nSPS) is 13.3. The number of aromatic amines is 2. The molecule has 11 rings (SSSR count). The van der Waals surface area contributed by atoms with E-state index in [-0.39, 0.29) is 45.0 Å². The summed E-state index contributed by atoms with van der Waals surface area (Å²) in [6, 6.07) is 18.8. The molecule has 9 heterocycles. The van der Waals surface area contributed by atoms with Crippen LogP contribution in [0.15, 0.2) is 111 Å². The third-order valence-corrected chi connectivity index (χ3v) is 13.0. The Hall–Kier alpha value is -8.08. The molecule has 20 nitrogen and oxygen atoms in total. The van der Waals surface area contributed by atoms with Crippen LogP contribution in [0.3, 0.4) is 0 Å². The molecule has 0 aliphatic carbocycles. The molecule has 382 valence electrons. The number of anilines is 2. The van der Waals surface area contributed by atoms with Gasteiger partial charge >= 0.3 is 7.12 Å². The summed E-state index contributed by atoms with van der Waals surface area (Å²) in [5, 5.41) is 27.7. The van der Waals surface area contributed by atoms with Crippen molar-refractivity contribution in [1.82, 2.24) is 59.4 Å².